The average Bonchev–Trinajstić information content (AvgIpc) is 3.07. The van der Waals surface area contributed by atoms with Crippen LogP contribution in [0.2, 0.25) is 0 Å². The summed E-state index contributed by atoms with van der Waals surface area (Å²) < 4.78 is 64.9. The Kier molecular flexibility index (Phi) is 16.4. The first kappa shape index (κ1) is 43.0. The van der Waals surface area contributed by atoms with Crippen molar-refractivity contribution in [3.05, 3.63) is 46.6 Å². The van der Waals surface area contributed by atoms with Crippen LogP contribution < -0.4 is 36.5 Å². The number of carboxylic acid groups (broad SMARTS) is 1. The predicted octanol–water partition coefficient (Wildman–Crippen LogP) is -0.0763. The molecule has 3 rings (SSSR count). The Bertz CT molecular complexity index is 1820. The highest BCUT2D eigenvalue weighted by Crippen LogP contribution is 2.26. The fraction of sp³-hybridized carbons (Fsp3) is 0.545. The molecule has 0 bridgehead atoms. The number of rotatable bonds is 22. The lowest BCUT2D eigenvalue weighted by molar-refractivity contribution is -0.139. The first-order chi connectivity index (χ1) is 24.9. The number of fused-ring (bicyclic) bond motifs is 1. The zero-order valence-corrected chi connectivity index (χ0v) is 31.4. The Morgan fingerprint density at radius 3 is 2.30 bits per heavy atom. The number of sulfonamides is 1. The van der Waals surface area contributed by atoms with Gasteiger partial charge in [-0.2, -0.15) is 13.1 Å². The predicted molar refractivity (Wildman–Crippen MR) is 194 cm³/mol. The smallest absolute Gasteiger partial charge is 0.323 e. The number of hydrogen-bond acceptors (Lipinski definition) is 12. The number of amides is 3. The maximum atomic E-state index is 13.3. The van der Waals surface area contributed by atoms with E-state index in [1.54, 1.807) is 0 Å². The monoisotopic (exact) mass is 783 g/mol. The molecule has 294 valence electrons. The van der Waals surface area contributed by atoms with E-state index in [1.807, 2.05) is 6.07 Å². The van der Waals surface area contributed by atoms with Crippen LogP contribution in [0.4, 0.5) is 5.82 Å². The van der Waals surface area contributed by atoms with Gasteiger partial charge in [-0.1, -0.05) is 6.07 Å². The Morgan fingerprint density at radius 1 is 0.962 bits per heavy atom. The summed E-state index contributed by atoms with van der Waals surface area (Å²) in [5.41, 5.74) is 8.10. The van der Waals surface area contributed by atoms with Gasteiger partial charge in [0.1, 0.15) is 23.7 Å². The number of carbonyl (C=O) groups is 4. The van der Waals surface area contributed by atoms with Crippen molar-refractivity contribution >= 4 is 49.7 Å². The van der Waals surface area contributed by atoms with Gasteiger partial charge >= 0.3 is 5.97 Å². The fourth-order valence-electron chi connectivity index (χ4n) is 5.58. The molecular formula is C33H49N7O11S2. The van der Waals surface area contributed by atoms with Crippen LogP contribution >= 0.6 is 0 Å². The van der Waals surface area contributed by atoms with E-state index in [-0.39, 0.29) is 43.3 Å². The largest absolute Gasteiger partial charge is 0.494 e. The van der Waals surface area contributed by atoms with Crippen molar-refractivity contribution in [2.75, 3.05) is 43.9 Å². The maximum absolute atomic E-state index is 13.3. The first-order valence-electron chi connectivity index (χ1n) is 17.2. The Balaban J connectivity index is 1.39. The summed E-state index contributed by atoms with van der Waals surface area (Å²) in [6, 6.07) is 3.94. The van der Waals surface area contributed by atoms with E-state index in [2.05, 4.69) is 37.0 Å². The Morgan fingerprint density at radius 2 is 1.62 bits per heavy atom. The lowest BCUT2D eigenvalue weighted by Crippen LogP contribution is -2.48. The quantitative estimate of drug-likeness (QED) is 0.0573. The summed E-state index contributed by atoms with van der Waals surface area (Å²) in [5.74, 6) is -2.68. The number of pyridine rings is 1. The van der Waals surface area contributed by atoms with Crippen LogP contribution in [0.25, 0.3) is 0 Å². The van der Waals surface area contributed by atoms with Crippen LogP contribution in [0, 0.1) is 13.8 Å². The van der Waals surface area contributed by atoms with E-state index < -0.39 is 62.3 Å². The van der Waals surface area contributed by atoms with E-state index in [4.69, 9.17) is 15.0 Å². The molecule has 1 aromatic heterocycles. The molecule has 3 amide bonds. The summed E-state index contributed by atoms with van der Waals surface area (Å²) in [6.45, 7) is 3.66. The minimum atomic E-state index is -4.41. The number of nitrogens with two attached hydrogens (primary N) is 1. The molecule has 0 spiro atoms. The van der Waals surface area contributed by atoms with Crippen molar-refractivity contribution in [1.82, 2.24) is 25.7 Å². The highest BCUT2D eigenvalue weighted by atomic mass is 32.2. The molecule has 18 nitrogen and oxygen atoms in total. The molecule has 1 unspecified atom stereocenters. The number of aromatic nitrogens is 1. The van der Waals surface area contributed by atoms with Gasteiger partial charge in [-0.25, -0.2) is 13.4 Å². The number of ether oxygens (including phenoxy) is 1. The molecule has 0 saturated carbocycles. The number of anilines is 1. The normalized spacial score (nSPS) is 13.9. The van der Waals surface area contributed by atoms with Crippen molar-refractivity contribution in [3.63, 3.8) is 0 Å². The third kappa shape index (κ3) is 14.9. The van der Waals surface area contributed by atoms with Gasteiger partial charge in [0.05, 0.1) is 17.3 Å². The molecule has 20 heteroatoms. The molecule has 0 saturated heterocycles. The minimum Gasteiger partial charge on any atom is -0.494 e. The van der Waals surface area contributed by atoms with Gasteiger partial charge in [-0.05, 0) is 87.3 Å². The number of hydrogen-bond donors (Lipinski definition) is 8. The van der Waals surface area contributed by atoms with Gasteiger partial charge in [-0.3, -0.25) is 23.7 Å². The van der Waals surface area contributed by atoms with E-state index in [9.17, 15) is 41.1 Å². The molecule has 2 aromatic rings. The summed E-state index contributed by atoms with van der Waals surface area (Å²) in [4.78, 5) is 52.7. The van der Waals surface area contributed by atoms with Gasteiger partial charge < -0.3 is 36.8 Å². The van der Waals surface area contributed by atoms with Crippen LogP contribution in [0.3, 0.4) is 0 Å². The maximum Gasteiger partial charge on any atom is 0.323 e. The van der Waals surface area contributed by atoms with Crippen LogP contribution in [-0.4, -0.2) is 106 Å². The Hall–Kier alpha value is -4.37. The molecule has 2 atom stereocenters. The van der Waals surface area contributed by atoms with Crippen LogP contribution in [0.15, 0.2) is 29.2 Å². The minimum absolute atomic E-state index is 0.0157. The number of aliphatic carboxylic acids is 1. The van der Waals surface area contributed by atoms with E-state index in [0.717, 1.165) is 30.9 Å². The van der Waals surface area contributed by atoms with Crippen LogP contribution in [0.5, 0.6) is 5.75 Å². The standard InChI is InChI=1S/C33H49N7O11S2/c1-21-17-25(51-16-6-10-28(41)35-14-15-37-32(43)26(34)20-52(46,47)48)18-22(2)30(21)53(49,50)40-27(33(44)45)19-38-29(42)9-4-3-8-24-12-11-23-7-5-13-36-31(23)39-24/h11-12,17-18,26-27,40H,3-10,13-16,19-20,34H2,1-2H3,(H,35,41)(H,36,39)(H,37,43)(H,38,42)(H,44,45)(H,46,47,48)/t26?,27-/m1/s1. The molecular weight excluding hydrogens is 735 g/mol. The molecule has 1 aromatic carbocycles. The van der Waals surface area contributed by atoms with Gasteiger partial charge in [0, 0.05) is 44.7 Å². The Labute approximate surface area is 309 Å². The summed E-state index contributed by atoms with van der Waals surface area (Å²) >= 11 is 0. The average molecular weight is 784 g/mol. The van der Waals surface area contributed by atoms with E-state index >= 15 is 0 Å². The van der Waals surface area contributed by atoms with Crippen molar-refractivity contribution in [2.24, 2.45) is 5.73 Å². The summed E-state index contributed by atoms with van der Waals surface area (Å²) in [7, 11) is -8.74. The third-order valence-corrected chi connectivity index (χ3v) is 10.7. The third-order valence-electron chi connectivity index (χ3n) is 8.13. The number of benzene rings is 1. The second-order valence-corrected chi connectivity index (χ2v) is 15.8. The number of nitrogens with one attached hydrogen (secondary N) is 5. The zero-order chi connectivity index (χ0) is 39.2. The van der Waals surface area contributed by atoms with Crippen molar-refractivity contribution in [2.45, 2.75) is 82.2 Å². The SMILES string of the molecule is Cc1cc(OCCCC(=O)NCCNC(=O)C(N)CS(=O)(=O)O)cc(C)c1S(=O)(=O)N[C@H](CNC(=O)CCCCc1ccc2c(n1)NCCC2)C(=O)O. The van der Waals surface area contributed by atoms with Crippen molar-refractivity contribution < 1.29 is 50.4 Å². The number of aryl methyl sites for hydroxylation is 4. The lowest BCUT2D eigenvalue weighted by atomic mass is 10.1. The fourth-order valence-corrected chi connectivity index (χ4v) is 7.83. The lowest BCUT2D eigenvalue weighted by Gasteiger charge is -2.19. The molecule has 1 aliphatic heterocycles. The molecule has 1 aliphatic rings. The first-order valence-corrected chi connectivity index (χ1v) is 20.3. The van der Waals surface area contributed by atoms with E-state index in [0.29, 0.717) is 42.6 Å². The van der Waals surface area contributed by atoms with Gasteiger partial charge in [0.15, 0.2) is 0 Å². The number of nitrogens with zero attached hydrogens (tertiary/aromatic N) is 1. The van der Waals surface area contributed by atoms with Crippen molar-refractivity contribution in [3.8, 4) is 5.75 Å². The second kappa shape index (κ2) is 20.2. The summed E-state index contributed by atoms with van der Waals surface area (Å²) in [5, 5.41) is 20.4. The summed E-state index contributed by atoms with van der Waals surface area (Å²) in [6.07, 6.45) is 4.52. The van der Waals surface area contributed by atoms with Gasteiger partial charge in [-0.15, -0.1) is 0 Å². The molecule has 2 heterocycles. The van der Waals surface area contributed by atoms with Crippen molar-refractivity contribution in [1.29, 1.82) is 0 Å². The number of unbranched alkanes of at least 4 members (excludes halogenated alkanes) is 1. The topological polar surface area (TPSA) is 285 Å². The number of carboxylic acids is 1. The van der Waals surface area contributed by atoms with E-state index in [1.165, 1.54) is 31.5 Å². The molecule has 53 heavy (non-hydrogen) atoms. The molecule has 0 aliphatic carbocycles. The zero-order valence-electron chi connectivity index (χ0n) is 29.8. The van der Waals surface area contributed by atoms with Gasteiger partial charge in [0.25, 0.3) is 10.1 Å². The number of carbonyl (C=O) groups excluding carboxylic acids is 3. The highest BCUT2D eigenvalue weighted by Gasteiger charge is 2.28. The molecule has 9 N–H and O–H groups in total. The van der Waals surface area contributed by atoms with Gasteiger partial charge in [0.2, 0.25) is 27.7 Å². The van der Waals surface area contributed by atoms with Crippen LogP contribution in [-0.2, 0) is 52.2 Å². The van der Waals surface area contributed by atoms with Crippen LogP contribution in [0.1, 0.15) is 60.9 Å². The molecule has 0 fully saturated rings. The molecule has 0 radical (unpaired) electrons. The second-order valence-electron chi connectivity index (χ2n) is 12.7. The highest BCUT2D eigenvalue weighted by molar-refractivity contribution is 7.89.